The first-order chi connectivity index (χ1) is 10.6. The highest BCUT2D eigenvalue weighted by Crippen LogP contribution is 2.33. The number of benzene rings is 3. The zero-order valence-corrected chi connectivity index (χ0v) is 11.4. The molecule has 3 rings (SSSR count). The summed E-state index contributed by atoms with van der Waals surface area (Å²) in [5, 5.41) is 21.8. The fourth-order valence-electron chi connectivity index (χ4n) is 2.52. The second-order valence-corrected chi connectivity index (χ2v) is 4.82. The maximum absolute atomic E-state index is 11.3. The molecule has 0 unspecified atom stereocenters. The summed E-state index contributed by atoms with van der Waals surface area (Å²) in [7, 11) is 0. The van der Waals surface area contributed by atoms with E-state index in [1.807, 2.05) is 0 Å². The maximum atomic E-state index is 11.3. The minimum absolute atomic E-state index is 0.0340. The number of nitrogens with zero attached hydrogens (tertiary/aromatic N) is 1. The number of aromatic carboxylic acids is 1. The molecule has 0 amide bonds. The van der Waals surface area contributed by atoms with Crippen molar-refractivity contribution >= 4 is 22.4 Å². The highest BCUT2D eigenvalue weighted by molar-refractivity contribution is 6.00. The molecule has 0 aliphatic rings. The average molecular weight is 293 g/mol. The van der Waals surface area contributed by atoms with E-state index in [1.165, 1.54) is 12.1 Å². The predicted molar refractivity (Wildman–Crippen MR) is 83.0 cm³/mol. The van der Waals surface area contributed by atoms with Gasteiger partial charge in [-0.1, -0.05) is 36.4 Å². The molecule has 0 atom stereocenters. The Kier molecular flexibility index (Phi) is 3.31. The summed E-state index contributed by atoms with van der Waals surface area (Å²) < 4.78 is 0. The lowest BCUT2D eigenvalue weighted by Gasteiger charge is -2.08. The first-order valence-corrected chi connectivity index (χ1v) is 6.58. The van der Waals surface area contributed by atoms with Gasteiger partial charge >= 0.3 is 5.97 Å². The standard InChI is InChI=1S/C17H11NO4/c19-17(20)15-8-4-3-6-13(15)12-9-11-5-1-2-7-14(11)16(10-12)18(21)22/h1-10H,(H,19,20). The van der Waals surface area contributed by atoms with Crippen LogP contribution in [0, 0.1) is 10.1 Å². The summed E-state index contributed by atoms with van der Waals surface area (Å²) in [6.45, 7) is 0. The van der Waals surface area contributed by atoms with Crippen molar-refractivity contribution in [2.75, 3.05) is 0 Å². The molecule has 3 aromatic rings. The van der Waals surface area contributed by atoms with E-state index in [9.17, 15) is 20.0 Å². The normalized spacial score (nSPS) is 10.5. The molecule has 5 heteroatoms. The Balaban J connectivity index is 2.33. The van der Waals surface area contributed by atoms with Crippen LogP contribution in [-0.2, 0) is 0 Å². The first kappa shape index (κ1) is 13.8. The molecule has 0 saturated heterocycles. The van der Waals surface area contributed by atoms with Crippen molar-refractivity contribution in [2.45, 2.75) is 0 Å². The zero-order chi connectivity index (χ0) is 15.7. The van der Waals surface area contributed by atoms with E-state index in [2.05, 4.69) is 0 Å². The summed E-state index contributed by atoms with van der Waals surface area (Å²) in [5.41, 5.74) is 1.06. The molecule has 108 valence electrons. The zero-order valence-electron chi connectivity index (χ0n) is 11.4. The molecule has 0 fully saturated rings. The fraction of sp³-hybridized carbons (Fsp3) is 0. The topological polar surface area (TPSA) is 80.4 Å². The number of fused-ring (bicyclic) bond motifs is 1. The Hall–Kier alpha value is -3.21. The molecule has 0 radical (unpaired) electrons. The second-order valence-electron chi connectivity index (χ2n) is 4.82. The van der Waals surface area contributed by atoms with Crippen LogP contribution < -0.4 is 0 Å². The summed E-state index contributed by atoms with van der Waals surface area (Å²) in [6.07, 6.45) is 0. The average Bonchev–Trinajstić information content (AvgIpc) is 2.53. The van der Waals surface area contributed by atoms with Gasteiger partial charge in [0.25, 0.3) is 5.69 Å². The van der Waals surface area contributed by atoms with Crippen molar-refractivity contribution in [2.24, 2.45) is 0 Å². The van der Waals surface area contributed by atoms with E-state index < -0.39 is 10.9 Å². The summed E-state index contributed by atoms with van der Waals surface area (Å²) in [5.74, 6) is -1.06. The van der Waals surface area contributed by atoms with Crippen molar-refractivity contribution in [3.05, 3.63) is 76.3 Å². The van der Waals surface area contributed by atoms with E-state index in [0.29, 0.717) is 21.9 Å². The molecule has 0 aliphatic carbocycles. The first-order valence-electron chi connectivity index (χ1n) is 6.58. The molecule has 22 heavy (non-hydrogen) atoms. The van der Waals surface area contributed by atoms with Gasteiger partial charge in [-0.2, -0.15) is 0 Å². The molecule has 1 N–H and O–H groups in total. The Morgan fingerprint density at radius 2 is 1.68 bits per heavy atom. The number of carbonyl (C=O) groups is 1. The van der Waals surface area contributed by atoms with Gasteiger partial charge in [-0.3, -0.25) is 10.1 Å². The van der Waals surface area contributed by atoms with E-state index >= 15 is 0 Å². The fourth-order valence-corrected chi connectivity index (χ4v) is 2.52. The molecule has 3 aromatic carbocycles. The lowest BCUT2D eigenvalue weighted by molar-refractivity contribution is -0.383. The van der Waals surface area contributed by atoms with E-state index in [-0.39, 0.29) is 11.3 Å². The van der Waals surface area contributed by atoms with Gasteiger partial charge < -0.3 is 5.11 Å². The summed E-state index contributed by atoms with van der Waals surface area (Å²) >= 11 is 0. The summed E-state index contributed by atoms with van der Waals surface area (Å²) in [6, 6.07) is 16.6. The number of nitro benzene ring substituents is 1. The number of rotatable bonds is 3. The smallest absolute Gasteiger partial charge is 0.336 e. The number of hydrogen-bond acceptors (Lipinski definition) is 3. The molecule has 0 spiro atoms. The molecule has 0 saturated carbocycles. The monoisotopic (exact) mass is 293 g/mol. The predicted octanol–water partition coefficient (Wildman–Crippen LogP) is 4.11. The van der Waals surface area contributed by atoms with Gasteiger partial charge in [0, 0.05) is 6.07 Å². The van der Waals surface area contributed by atoms with Crippen LogP contribution in [0.15, 0.2) is 60.7 Å². The number of non-ortho nitro benzene ring substituents is 1. The lowest BCUT2D eigenvalue weighted by Crippen LogP contribution is -1.99. The second kappa shape index (κ2) is 5.29. The van der Waals surface area contributed by atoms with Crippen LogP contribution in [0.5, 0.6) is 0 Å². The van der Waals surface area contributed by atoms with Crippen molar-refractivity contribution in [3.8, 4) is 11.1 Å². The van der Waals surface area contributed by atoms with E-state index in [1.54, 1.807) is 48.5 Å². The molecule has 0 aromatic heterocycles. The minimum Gasteiger partial charge on any atom is -0.478 e. The SMILES string of the molecule is O=C(O)c1ccccc1-c1cc([N+](=O)[O-])c2ccccc2c1. The van der Waals surface area contributed by atoms with Gasteiger partial charge in [0.05, 0.1) is 15.9 Å². The third kappa shape index (κ3) is 2.29. The van der Waals surface area contributed by atoms with Crippen molar-refractivity contribution < 1.29 is 14.8 Å². The highest BCUT2D eigenvalue weighted by Gasteiger charge is 2.17. The highest BCUT2D eigenvalue weighted by atomic mass is 16.6. The Morgan fingerprint density at radius 3 is 2.41 bits per heavy atom. The number of carboxylic acids is 1. The van der Waals surface area contributed by atoms with E-state index in [4.69, 9.17) is 0 Å². The van der Waals surface area contributed by atoms with Crippen molar-refractivity contribution in [3.63, 3.8) is 0 Å². The molecular weight excluding hydrogens is 282 g/mol. The van der Waals surface area contributed by atoms with Crippen LogP contribution in [0.1, 0.15) is 10.4 Å². The number of nitro groups is 1. The molecule has 5 nitrogen and oxygen atoms in total. The van der Waals surface area contributed by atoms with Crippen LogP contribution >= 0.6 is 0 Å². The summed E-state index contributed by atoms with van der Waals surface area (Å²) in [4.78, 5) is 22.2. The quantitative estimate of drug-likeness (QED) is 0.582. The van der Waals surface area contributed by atoms with Crippen LogP contribution in [-0.4, -0.2) is 16.0 Å². The van der Waals surface area contributed by atoms with Crippen molar-refractivity contribution in [1.29, 1.82) is 0 Å². The maximum Gasteiger partial charge on any atom is 0.336 e. The third-order valence-electron chi connectivity index (χ3n) is 3.51. The van der Waals surface area contributed by atoms with Crippen LogP contribution in [0.4, 0.5) is 5.69 Å². The van der Waals surface area contributed by atoms with E-state index in [0.717, 1.165) is 0 Å². The van der Waals surface area contributed by atoms with Crippen LogP contribution in [0.3, 0.4) is 0 Å². The molecular formula is C17H11NO4. The molecule has 0 heterocycles. The Bertz CT molecular complexity index is 902. The Morgan fingerprint density at radius 1 is 1.00 bits per heavy atom. The van der Waals surface area contributed by atoms with Gasteiger partial charge in [0.2, 0.25) is 0 Å². The molecule has 0 bridgehead atoms. The third-order valence-corrected chi connectivity index (χ3v) is 3.51. The van der Waals surface area contributed by atoms with Gasteiger partial charge in [0.15, 0.2) is 0 Å². The van der Waals surface area contributed by atoms with Gasteiger partial charge in [-0.25, -0.2) is 4.79 Å². The van der Waals surface area contributed by atoms with Gasteiger partial charge in [-0.05, 0) is 34.7 Å². The number of carboxylic acid groups (broad SMARTS) is 1. The van der Waals surface area contributed by atoms with Gasteiger partial charge in [0.1, 0.15) is 0 Å². The van der Waals surface area contributed by atoms with Crippen molar-refractivity contribution in [1.82, 2.24) is 0 Å². The number of hydrogen-bond donors (Lipinski definition) is 1. The largest absolute Gasteiger partial charge is 0.478 e. The lowest BCUT2D eigenvalue weighted by atomic mass is 9.96. The minimum atomic E-state index is -1.06. The van der Waals surface area contributed by atoms with Gasteiger partial charge in [-0.15, -0.1) is 0 Å². The van der Waals surface area contributed by atoms with Crippen LogP contribution in [0.25, 0.3) is 21.9 Å². The molecule has 0 aliphatic heterocycles. The Labute approximate surface area is 125 Å². The van der Waals surface area contributed by atoms with Crippen LogP contribution in [0.2, 0.25) is 0 Å².